The summed E-state index contributed by atoms with van der Waals surface area (Å²) in [6.07, 6.45) is 0.563. The second kappa shape index (κ2) is 5.02. The van der Waals surface area contributed by atoms with E-state index in [4.69, 9.17) is 5.11 Å². The quantitative estimate of drug-likeness (QED) is 0.914. The number of halogens is 1. The van der Waals surface area contributed by atoms with Gasteiger partial charge in [-0.15, -0.1) is 0 Å². The van der Waals surface area contributed by atoms with Crippen molar-refractivity contribution >= 4 is 15.9 Å². The van der Waals surface area contributed by atoms with Crippen LogP contribution in [0.25, 0.3) is 11.3 Å². The van der Waals surface area contributed by atoms with Crippen molar-refractivity contribution in [3.8, 4) is 11.3 Å². The lowest BCUT2D eigenvalue weighted by molar-refractivity contribution is 0.297. The first-order chi connectivity index (χ1) is 8.11. The molecule has 0 unspecified atom stereocenters. The van der Waals surface area contributed by atoms with Crippen LogP contribution >= 0.6 is 15.9 Å². The van der Waals surface area contributed by atoms with E-state index in [2.05, 4.69) is 45.0 Å². The summed E-state index contributed by atoms with van der Waals surface area (Å²) < 4.78 is 1.05. The van der Waals surface area contributed by atoms with Crippen LogP contribution in [0.3, 0.4) is 0 Å². The highest BCUT2D eigenvalue weighted by atomic mass is 79.9. The Kier molecular flexibility index (Phi) is 3.64. The van der Waals surface area contributed by atoms with E-state index in [1.54, 1.807) is 0 Å². The summed E-state index contributed by atoms with van der Waals surface area (Å²) in [5, 5.41) is 8.92. The molecule has 1 aromatic carbocycles. The van der Waals surface area contributed by atoms with Crippen LogP contribution in [0.2, 0.25) is 0 Å². The van der Waals surface area contributed by atoms with E-state index in [0.717, 1.165) is 27.2 Å². The van der Waals surface area contributed by atoms with Gasteiger partial charge in [0.25, 0.3) is 0 Å². The monoisotopic (exact) mass is 294 g/mol. The number of nitrogens with one attached hydrogen (secondary N) is 1. The zero-order chi connectivity index (χ0) is 12.4. The van der Waals surface area contributed by atoms with Gasteiger partial charge in [-0.25, -0.2) is 4.98 Å². The number of rotatable bonds is 3. The minimum atomic E-state index is 0.115. The number of aryl methyl sites for hydroxylation is 2. The maximum atomic E-state index is 8.92. The van der Waals surface area contributed by atoms with E-state index < -0.39 is 0 Å². The number of aromatic amines is 1. The third-order valence-electron chi connectivity index (χ3n) is 2.74. The number of aromatic nitrogens is 2. The Bertz CT molecular complexity index is 534. The third kappa shape index (κ3) is 2.58. The van der Waals surface area contributed by atoms with Gasteiger partial charge in [0.05, 0.1) is 12.3 Å². The molecule has 1 heterocycles. The molecule has 0 radical (unpaired) electrons. The Morgan fingerprint density at radius 2 is 2.12 bits per heavy atom. The molecule has 4 heteroatoms. The van der Waals surface area contributed by atoms with Crippen LogP contribution < -0.4 is 0 Å². The number of hydrogen-bond donors (Lipinski definition) is 2. The number of nitrogens with zero attached hydrogens (tertiary/aromatic N) is 1. The van der Waals surface area contributed by atoms with Gasteiger partial charge in [-0.2, -0.15) is 0 Å². The molecule has 1 aromatic heterocycles. The van der Waals surface area contributed by atoms with Gasteiger partial charge in [-0.3, -0.25) is 0 Å². The van der Waals surface area contributed by atoms with Crippen molar-refractivity contribution in [2.45, 2.75) is 20.3 Å². The first kappa shape index (κ1) is 12.3. The van der Waals surface area contributed by atoms with Crippen molar-refractivity contribution < 1.29 is 5.11 Å². The van der Waals surface area contributed by atoms with Gasteiger partial charge in [0.2, 0.25) is 0 Å². The number of H-pyrrole nitrogens is 1. The molecule has 0 bridgehead atoms. The van der Waals surface area contributed by atoms with Crippen molar-refractivity contribution in [2.24, 2.45) is 0 Å². The first-order valence-corrected chi connectivity index (χ1v) is 6.34. The molecule has 3 nitrogen and oxygen atoms in total. The molecule has 0 amide bonds. The number of aliphatic hydroxyl groups excluding tert-OH is 1. The van der Waals surface area contributed by atoms with Crippen molar-refractivity contribution in [3.63, 3.8) is 0 Å². The molecule has 2 rings (SSSR count). The summed E-state index contributed by atoms with van der Waals surface area (Å²) in [5.41, 5.74) is 4.32. The van der Waals surface area contributed by atoms with E-state index in [1.807, 2.05) is 13.0 Å². The zero-order valence-corrected chi connectivity index (χ0v) is 11.5. The fourth-order valence-electron chi connectivity index (χ4n) is 1.86. The minimum absolute atomic E-state index is 0.115. The number of aliphatic hydroxyl groups is 1. The topological polar surface area (TPSA) is 48.9 Å². The summed E-state index contributed by atoms with van der Waals surface area (Å²) in [4.78, 5) is 7.74. The fraction of sp³-hybridized carbons (Fsp3) is 0.308. The summed E-state index contributed by atoms with van der Waals surface area (Å²) in [7, 11) is 0. The largest absolute Gasteiger partial charge is 0.396 e. The number of hydrogen-bond acceptors (Lipinski definition) is 2. The van der Waals surface area contributed by atoms with Gasteiger partial charge >= 0.3 is 0 Å². The van der Waals surface area contributed by atoms with E-state index in [0.29, 0.717) is 6.42 Å². The maximum Gasteiger partial charge on any atom is 0.109 e. The summed E-state index contributed by atoms with van der Waals surface area (Å²) in [6.45, 7) is 4.19. The molecule has 0 saturated heterocycles. The summed E-state index contributed by atoms with van der Waals surface area (Å²) in [5.74, 6) is 0.833. The molecular formula is C13H15BrN2O. The molecule has 17 heavy (non-hydrogen) atoms. The Labute approximate surface area is 109 Å². The van der Waals surface area contributed by atoms with Gasteiger partial charge in [0.1, 0.15) is 5.82 Å². The lowest BCUT2D eigenvalue weighted by Gasteiger charge is -2.04. The standard InChI is InChI=1S/C13H15BrN2O/c1-8-3-4-10(14)7-11(8)13-9(2)15-12(16-13)5-6-17/h3-4,7,17H,5-6H2,1-2H3,(H,15,16). The second-order valence-corrected chi connectivity index (χ2v) is 5.01. The highest BCUT2D eigenvalue weighted by Gasteiger charge is 2.11. The van der Waals surface area contributed by atoms with E-state index >= 15 is 0 Å². The van der Waals surface area contributed by atoms with Gasteiger partial charge < -0.3 is 10.1 Å². The average molecular weight is 295 g/mol. The van der Waals surface area contributed by atoms with Crippen LogP contribution in [0.4, 0.5) is 0 Å². The lowest BCUT2D eigenvalue weighted by atomic mass is 10.1. The Morgan fingerprint density at radius 3 is 2.82 bits per heavy atom. The minimum Gasteiger partial charge on any atom is -0.396 e. The predicted octanol–water partition coefficient (Wildman–Crippen LogP) is 2.99. The first-order valence-electron chi connectivity index (χ1n) is 5.54. The van der Waals surface area contributed by atoms with Crippen molar-refractivity contribution in [2.75, 3.05) is 6.61 Å². The average Bonchev–Trinajstić information content (AvgIpc) is 2.64. The highest BCUT2D eigenvalue weighted by Crippen LogP contribution is 2.27. The molecule has 0 fully saturated rings. The molecule has 90 valence electrons. The van der Waals surface area contributed by atoms with Crippen LogP contribution in [0.15, 0.2) is 22.7 Å². The molecule has 2 aromatic rings. The van der Waals surface area contributed by atoms with Gasteiger partial charge in [-0.05, 0) is 31.5 Å². The lowest BCUT2D eigenvalue weighted by Crippen LogP contribution is -1.92. The number of benzene rings is 1. The maximum absolute atomic E-state index is 8.92. The molecular weight excluding hydrogens is 280 g/mol. The second-order valence-electron chi connectivity index (χ2n) is 4.09. The van der Waals surface area contributed by atoms with Crippen molar-refractivity contribution in [1.29, 1.82) is 0 Å². The Morgan fingerprint density at radius 1 is 1.35 bits per heavy atom. The summed E-state index contributed by atoms with van der Waals surface area (Å²) >= 11 is 3.48. The van der Waals surface area contributed by atoms with Gasteiger partial charge in [0.15, 0.2) is 0 Å². The Balaban J connectivity index is 2.48. The molecule has 0 aliphatic rings. The molecule has 0 atom stereocenters. The van der Waals surface area contributed by atoms with Crippen LogP contribution in [0.5, 0.6) is 0 Å². The van der Waals surface area contributed by atoms with Crippen LogP contribution in [0.1, 0.15) is 17.1 Å². The highest BCUT2D eigenvalue weighted by molar-refractivity contribution is 9.10. The van der Waals surface area contributed by atoms with E-state index in [-0.39, 0.29) is 6.61 Å². The SMILES string of the molecule is Cc1ccc(Br)cc1-c1nc(CCO)[nH]c1C. The zero-order valence-electron chi connectivity index (χ0n) is 9.92. The third-order valence-corrected chi connectivity index (χ3v) is 3.23. The molecule has 2 N–H and O–H groups in total. The van der Waals surface area contributed by atoms with Crippen LogP contribution in [0, 0.1) is 13.8 Å². The smallest absolute Gasteiger partial charge is 0.109 e. The van der Waals surface area contributed by atoms with Crippen molar-refractivity contribution in [1.82, 2.24) is 9.97 Å². The predicted molar refractivity (Wildman–Crippen MR) is 72.0 cm³/mol. The van der Waals surface area contributed by atoms with E-state index in [1.165, 1.54) is 5.56 Å². The molecule has 0 aliphatic heterocycles. The molecule has 0 spiro atoms. The van der Waals surface area contributed by atoms with Gasteiger partial charge in [-0.1, -0.05) is 22.0 Å². The van der Waals surface area contributed by atoms with Crippen LogP contribution in [-0.2, 0) is 6.42 Å². The normalized spacial score (nSPS) is 10.8. The van der Waals surface area contributed by atoms with E-state index in [9.17, 15) is 0 Å². The van der Waals surface area contributed by atoms with Crippen LogP contribution in [-0.4, -0.2) is 21.7 Å². The fourth-order valence-corrected chi connectivity index (χ4v) is 2.22. The summed E-state index contributed by atoms with van der Waals surface area (Å²) in [6, 6.07) is 6.16. The number of imidazole rings is 1. The Hall–Kier alpha value is -1.13. The van der Waals surface area contributed by atoms with Gasteiger partial charge in [0, 0.05) is 22.2 Å². The van der Waals surface area contributed by atoms with Crippen molar-refractivity contribution in [3.05, 3.63) is 39.8 Å². The molecule has 0 aliphatic carbocycles. The molecule has 0 saturated carbocycles.